The molecule has 0 atom stereocenters. The van der Waals surface area contributed by atoms with Crippen molar-refractivity contribution in [3.05, 3.63) is 29.3 Å². The van der Waals surface area contributed by atoms with Crippen molar-refractivity contribution in [1.82, 2.24) is 5.32 Å². The minimum absolute atomic E-state index is 0.116. The predicted molar refractivity (Wildman–Crippen MR) is 51.6 cm³/mol. The van der Waals surface area contributed by atoms with Gasteiger partial charge in [0.2, 0.25) is 0 Å². The summed E-state index contributed by atoms with van der Waals surface area (Å²) >= 11 is 0. The summed E-state index contributed by atoms with van der Waals surface area (Å²) in [5.74, 6) is 3.80. The first-order chi connectivity index (χ1) is 6.65. The van der Waals surface area contributed by atoms with Crippen LogP contribution in [0.1, 0.15) is 5.56 Å². The molecule has 0 saturated heterocycles. The zero-order valence-corrected chi connectivity index (χ0v) is 7.70. The first kappa shape index (κ1) is 10.5. The predicted octanol–water partition coefficient (Wildman–Crippen LogP) is 1.12. The van der Waals surface area contributed by atoms with Crippen LogP contribution in [-0.4, -0.2) is 13.6 Å². The third-order valence-corrected chi connectivity index (χ3v) is 1.58. The molecule has 1 aromatic carbocycles. The molecule has 0 fully saturated rings. The zero-order valence-electron chi connectivity index (χ0n) is 7.70. The third-order valence-electron chi connectivity index (χ3n) is 1.58. The summed E-state index contributed by atoms with van der Waals surface area (Å²) in [5.41, 5.74) is 5.43. The molecule has 0 spiro atoms. The summed E-state index contributed by atoms with van der Waals surface area (Å²) < 4.78 is 25.6. The Kier molecular flexibility index (Phi) is 3.43. The van der Waals surface area contributed by atoms with Crippen molar-refractivity contribution >= 4 is 5.69 Å². The SMILES string of the molecule is CNCC#Cc1cc(F)cc(F)c1N. The number of nitrogen functional groups attached to an aromatic ring is 1. The number of nitrogens with two attached hydrogens (primary N) is 1. The minimum Gasteiger partial charge on any atom is -0.395 e. The molecule has 14 heavy (non-hydrogen) atoms. The molecule has 0 aliphatic carbocycles. The van der Waals surface area contributed by atoms with E-state index in [0.717, 1.165) is 12.1 Å². The lowest BCUT2D eigenvalue weighted by atomic mass is 10.1. The molecule has 0 unspecified atom stereocenters. The molecule has 0 aliphatic rings. The van der Waals surface area contributed by atoms with Crippen LogP contribution in [-0.2, 0) is 0 Å². The molecule has 0 radical (unpaired) electrons. The summed E-state index contributed by atoms with van der Waals surface area (Å²) in [6.45, 7) is 0.442. The fourth-order valence-electron chi connectivity index (χ4n) is 0.916. The van der Waals surface area contributed by atoms with Crippen molar-refractivity contribution in [2.75, 3.05) is 19.3 Å². The van der Waals surface area contributed by atoms with E-state index in [1.165, 1.54) is 0 Å². The largest absolute Gasteiger partial charge is 0.395 e. The van der Waals surface area contributed by atoms with Gasteiger partial charge in [-0.3, -0.25) is 0 Å². The minimum atomic E-state index is -0.779. The summed E-state index contributed by atoms with van der Waals surface area (Å²) in [7, 11) is 1.73. The Morgan fingerprint density at radius 2 is 2.14 bits per heavy atom. The summed E-state index contributed by atoms with van der Waals surface area (Å²) in [5, 5.41) is 2.78. The molecule has 0 saturated carbocycles. The van der Waals surface area contributed by atoms with E-state index in [4.69, 9.17) is 5.73 Å². The van der Waals surface area contributed by atoms with Crippen LogP contribution in [0.2, 0.25) is 0 Å². The van der Waals surface area contributed by atoms with E-state index in [0.29, 0.717) is 6.54 Å². The summed E-state index contributed by atoms with van der Waals surface area (Å²) in [4.78, 5) is 0. The number of halogens is 2. The highest BCUT2D eigenvalue weighted by Gasteiger charge is 2.05. The Morgan fingerprint density at radius 1 is 1.43 bits per heavy atom. The normalized spacial score (nSPS) is 9.36. The van der Waals surface area contributed by atoms with Crippen LogP contribution in [0.15, 0.2) is 12.1 Å². The van der Waals surface area contributed by atoms with Gasteiger partial charge in [0.1, 0.15) is 11.6 Å². The highest BCUT2D eigenvalue weighted by Crippen LogP contribution is 2.16. The maximum atomic E-state index is 12.9. The first-order valence-corrected chi connectivity index (χ1v) is 4.03. The van der Waals surface area contributed by atoms with Crippen LogP contribution < -0.4 is 11.1 Å². The molecule has 1 aromatic rings. The molecule has 0 heterocycles. The van der Waals surface area contributed by atoms with Crippen LogP contribution in [0.3, 0.4) is 0 Å². The van der Waals surface area contributed by atoms with Gasteiger partial charge in [0.25, 0.3) is 0 Å². The smallest absolute Gasteiger partial charge is 0.150 e. The second-order valence-electron chi connectivity index (χ2n) is 2.68. The number of rotatable bonds is 1. The molecule has 2 nitrogen and oxygen atoms in total. The maximum Gasteiger partial charge on any atom is 0.150 e. The third kappa shape index (κ3) is 2.44. The highest BCUT2D eigenvalue weighted by molar-refractivity contribution is 5.56. The molecule has 0 aromatic heterocycles. The maximum absolute atomic E-state index is 12.9. The number of benzene rings is 1. The van der Waals surface area contributed by atoms with E-state index in [2.05, 4.69) is 17.2 Å². The number of hydrogen-bond donors (Lipinski definition) is 2. The van der Waals surface area contributed by atoms with Crippen LogP contribution in [0, 0.1) is 23.5 Å². The first-order valence-electron chi connectivity index (χ1n) is 4.03. The Bertz CT molecular complexity index is 391. The van der Waals surface area contributed by atoms with Crippen molar-refractivity contribution in [2.24, 2.45) is 0 Å². The van der Waals surface area contributed by atoms with E-state index >= 15 is 0 Å². The molecule has 4 heteroatoms. The molecule has 3 N–H and O–H groups in total. The van der Waals surface area contributed by atoms with E-state index < -0.39 is 11.6 Å². The van der Waals surface area contributed by atoms with Crippen molar-refractivity contribution < 1.29 is 8.78 Å². The number of hydrogen-bond acceptors (Lipinski definition) is 2. The Balaban J connectivity index is 3.04. The second-order valence-corrected chi connectivity index (χ2v) is 2.68. The van der Waals surface area contributed by atoms with E-state index in [1.807, 2.05) is 0 Å². The zero-order chi connectivity index (χ0) is 10.6. The van der Waals surface area contributed by atoms with Crippen molar-refractivity contribution in [3.8, 4) is 11.8 Å². The average Bonchev–Trinajstić information content (AvgIpc) is 2.13. The van der Waals surface area contributed by atoms with Gasteiger partial charge >= 0.3 is 0 Å². The lowest BCUT2D eigenvalue weighted by Gasteiger charge is -1.99. The standard InChI is InChI=1S/C10H10F2N2/c1-14-4-2-3-7-5-8(11)6-9(12)10(7)13/h5-6,14H,4,13H2,1H3. The van der Waals surface area contributed by atoms with Crippen molar-refractivity contribution in [3.63, 3.8) is 0 Å². The quantitative estimate of drug-likeness (QED) is 0.521. The Morgan fingerprint density at radius 3 is 2.79 bits per heavy atom. The van der Waals surface area contributed by atoms with Crippen molar-refractivity contribution in [2.45, 2.75) is 0 Å². The second kappa shape index (κ2) is 4.58. The molecule has 0 aliphatic heterocycles. The fourth-order valence-corrected chi connectivity index (χ4v) is 0.916. The number of anilines is 1. The Labute approximate surface area is 81.1 Å². The number of nitrogens with one attached hydrogen (secondary N) is 1. The van der Waals surface area contributed by atoms with Crippen LogP contribution in [0.4, 0.5) is 14.5 Å². The summed E-state index contributed by atoms with van der Waals surface area (Å²) in [6, 6.07) is 1.85. The Hall–Kier alpha value is -1.60. The van der Waals surface area contributed by atoms with Crippen LogP contribution in [0.25, 0.3) is 0 Å². The molecule has 74 valence electrons. The van der Waals surface area contributed by atoms with E-state index in [1.54, 1.807) is 7.05 Å². The lowest BCUT2D eigenvalue weighted by Crippen LogP contribution is -2.04. The topological polar surface area (TPSA) is 38.0 Å². The molecule has 0 bridgehead atoms. The molecular formula is C10H10F2N2. The van der Waals surface area contributed by atoms with Crippen LogP contribution in [0.5, 0.6) is 0 Å². The molecular weight excluding hydrogens is 186 g/mol. The van der Waals surface area contributed by atoms with Gasteiger partial charge < -0.3 is 11.1 Å². The van der Waals surface area contributed by atoms with Gasteiger partial charge in [-0.2, -0.15) is 0 Å². The fraction of sp³-hybridized carbons (Fsp3) is 0.200. The van der Waals surface area contributed by atoms with Gasteiger partial charge in [-0.1, -0.05) is 11.8 Å². The monoisotopic (exact) mass is 196 g/mol. The van der Waals surface area contributed by atoms with Crippen molar-refractivity contribution in [1.29, 1.82) is 0 Å². The molecule has 1 rings (SSSR count). The van der Waals surface area contributed by atoms with Gasteiger partial charge in [-0.15, -0.1) is 0 Å². The molecule has 0 amide bonds. The van der Waals surface area contributed by atoms with Gasteiger partial charge in [0.05, 0.1) is 17.8 Å². The van der Waals surface area contributed by atoms with E-state index in [9.17, 15) is 8.78 Å². The lowest BCUT2D eigenvalue weighted by molar-refractivity contribution is 0.585. The average molecular weight is 196 g/mol. The van der Waals surface area contributed by atoms with Gasteiger partial charge in [-0.25, -0.2) is 8.78 Å². The van der Waals surface area contributed by atoms with Gasteiger partial charge in [0, 0.05) is 6.07 Å². The summed E-state index contributed by atoms with van der Waals surface area (Å²) in [6.07, 6.45) is 0. The van der Waals surface area contributed by atoms with Gasteiger partial charge in [0.15, 0.2) is 0 Å². The highest BCUT2D eigenvalue weighted by atomic mass is 19.1. The van der Waals surface area contributed by atoms with E-state index in [-0.39, 0.29) is 11.3 Å². The van der Waals surface area contributed by atoms with Crippen LogP contribution >= 0.6 is 0 Å². The van der Waals surface area contributed by atoms with Gasteiger partial charge in [-0.05, 0) is 13.1 Å².